The van der Waals surface area contributed by atoms with Crippen molar-refractivity contribution < 1.29 is 31.3 Å². The molecule has 0 aliphatic rings. The number of aryl methyl sites for hydroxylation is 2. The Morgan fingerprint density at radius 3 is 1.56 bits per heavy atom. The molecule has 0 fully saturated rings. The van der Waals surface area contributed by atoms with E-state index in [1.165, 1.54) is 11.1 Å². The fourth-order valence-electron chi connectivity index (χ4n) is 1.01. The summed E-state index contributed by atoms with van der Waals surface area (Å²) in [6.07, 6.45) is 1.15. The van der Waals surface area contributed by atoms with Crippen molar-refractivity contribution in [2.45, 2.75) is 20.3 Å². The van der Waals surface area contributed by atoms with Gasteiger partial charge in [-0.25, -0.2) is 0 Å². The zero-order valence-corrected chi connectivity index (χ0v) is 10.4. The Morgan fingerprint density at radius 2 is 1.31 bits per heavy atom. The molecule has 0 radical (unpaired) electrons. The maximum Gasteiger partial charge on any atom is 0 e. The molecule has 0 heterocycles. The molecular formula is C12H12CrO3. The van der Waals surface area contributed by atoms with E-state index in [-0.39, 0.29) is 17.4 Å². The summed E-state index contributed by atoms with van der Waals surface area (Å²) in [5, 5.41) is 0. The molecular weight excluding hydrogens is 244 g/mol. The van der Waals surface area contributed by atoms with Gasteiger partial charge in [0.25, 0.3) is 0 Å². The minimum Gasteiger partial charge on any atom is 0 e. The van der Waals surface area contributed by atoms with Gasteiger partial charge in [0.15, 0.2) is 0 Å². The Labute approximate surface area is 107 Å². The molecule has 0 unspecified atom stereocenters. The predicted molar refractivity (Wildman–Crippen MR) is 52.3 cm³/mol. The number of hydrogen-bond donors (Lipinski definition) is 0. The zero-order valence-electron chi connectivity index (χ0n) is 9.15. The van der Waals surface area contributed by atoms with Crippen LogP contribution in [-0.4, -0.2) is 0 Å². The topological polar surface area (TPSA) is 59.7 Å². The van der Waals surface area contributed by atoms with Gasteiger partial charge in [-0.05, 0) is 24.5 Å². The van der Waals surface area contributed by atoms with E-state index in [0.29, 0.717) is 0 Å². The van der Waals surface area contributed by atoms with Crippen molar-refractivity contribution in [2.75, 3.05) is 0 Å². The van der Waals surface area contributed by atoms with Gasteiger partial charge in [0, 0.05) is 17.4 Å². The average Bonchev–Trinajstić information content (AvgIpc) is 2.37. The van der Waals surface area contributed by atoms with Crippen LogP contribution in [0.2, 0.25) is 0 Å². The standard InChI is InChI=1S/C9H12.3CO.Cr/c1-3-9-7-5-4-6-8(9)2;3*1-2;/h4-7H,3H2,1-2H3;;;;. The van der Waals surface area contributed by atoms with Crippen LogP contribution in [-0.2, 0) is 37.7 Å². The Kier molecular flexibility index (Phi) is 35.9. The second-order valence-electron chi connectivity index (χ2n) is 2.28. The Hall–Kier alpha value is -1.03. The van der Waals surface area contributed by atoms with E-state index in [2.05, 4.69) is 58.1 Å². The van der Waals surface area contributed by atoms with Crippen LogP contribution in [0.4, 0.5) is 0 Å². The van der Waals surface area contributed by atoms with Gasteiger partial charge >= 0.3 is 33.9 Å². The second kappa shape index (κ2) is 23.6. The molecule has 4 heteroatoms. The van der Waals surface area contributed by atoms with Gasteiger partial charge in [-0.2, -0.15) is 0 Å². The van der Waals surface area contributed by atoms with Gasteiger partial charge in [0.05, 0.1) is 0 Å². The monoisotopic (exact) mass is 256 g/mol. The van der Waals surface area contributed by atoms with Crippen LogP contribution < -0.4 is 0 Å². The number of benzene rings is 1. The molecule has 0 amide bonds. The predicted octanol–water partition coefficient (Wildman–Crippen LogP) is 2.44. The Bertz CT molecular complexity index is 288. The van der Waals surface area contributed by atoms with Crippen molar-refractivity contribution in [3.05, 3.63) is 55.3 Å². The molecule has 0 N–H and O–H groups in total. The van der Waals surface area contributed by atoms with E-state index in [1.807, 2.05) is 0 Å². The third-order valence-corrected chi connectivity index (χ3v) is 1.64. The van der Waals surface area contributed by atoms with E-state index >= 15 is 0 Å². The Balaban J connectivity index is -0.0000000900. The SMILES string of the molecule is CCc1ccccc1C.[C-]#[O+].[C-]#[O+].[C-]#[O+].[Cr]. The summed E-state index contributed by atoms with van der Waals surface area (Å²) < 4.78 is 22.5. The molecule has 0 saturated heterocycles. The van der Waals surface area contributed by atoms with Crippen LogP contribution in [0.3, 0.4) is 0 Å². The molecule has 1 aromatic carbocycles. The maximum absolute atomic E-state index is 7.50. The largest absolute Gasteiger partial charge is 0 e. The summed E-state index contributed by atoms with van der Waals surface area (Å²) in [5.41, 5.74) is 2.86. The third-order valence-electron chi connectivity index (χ3n) is 1.64. The summed E-state index contributed by atoms with van der Waals surface area (Å²) in [4.78, 5) is 0. The summed E-state index contributed by atoms with van der Waals surface area (Å²) >= 11 is 0. The molecule has 0 atom stereocenters. The van der Waals surface area contributed by atoms with Gasteiger partial charge in [0.2, 0.25) is 0 Å². The average molecular weight is 256 g/mol. The first-order chi connectivity index (χ1) is 7.34. The summed E-state index contributed by atoms with van der Waals surface area (Å²) in [7, 11) is 0. The van der Waals surface area contributed by atoms with Crippen molar-refractivity contribution in [3.63, 3.8) is 0 Å². The molecule has 0 saturated carbocycles. The van der Waals surface area contributed by atoms with E-state index in [4.69, 9.17) is 14.0 Å². The van der Waals surface area contributed by atoms with E-state index in [1.54, 1.807) is 0 Å². The van der Waals surface area contributed by atoms with Crippen LogP contribution in [0.15, 0.2) is 24.3 Å². The smallest absolute Gasteiger partial charge is 0 e. The van der Waals surface area contributed by atoms with Crippen molar-refractivity contribution >= 4 is 0 Å². The molecule has 1 aromatic rings. The first kappa shape index (κ1) is 24.3. The molecule has 0 spiro atoms. The molecule has 0 aliphatic heterocycles. The van der Waals surface area contributed by atoms with Crippen molar-refractivity contribution in [1.29, 1.82) is 0 Å². The van der Waals surface area contributed by atoms with E-state index in [0.717, 1.165) is 6.42 Å². The fraction of sp³-hybridized carbons (Fsp3) is 0.250. The number of hydrogen-bond acceptors (Lipinski definition) is 0. The van der Waals surface area contributed by atoms with Crippen LogP contribution in [0, 0.1) is 26.9 Å². The molecule has 3 nitrogen and oxygen atoms in total. The molecule has 0 aromatic heterocycles. The van der Waals surface area contributed by atoms with Crippen LogP contribution in [0.25, 0.3) is 0 Å². The van der Waals surface area contributed by atoms with E-state index < -0.39 is 0 Å². The van der Waals surface area contributed by atoms with Crippen LogP contribution in [0.5, 0.6) is 0 Å². The van der Waals surface area contributed by atoms with Gasteiger partial charge in [-0.15, -0.1) is 0 Å². The van der Waals surface area contributed by atoms with Gasteiger partial charge in [-0.3, -0.25) is 0 Å². The second-order valence-corrected chi connectivity index (χ2v) is 2.28. The van der Waals surface area contributed by atoms with Gasteiger partial charge < -0.3 is 0 Å². The molecule has 16 heavy (non-hydrogen) atoms. The van der Waals surface area contributed by atoms with E-state index in [9.17, 15) is 0 Å². The Morgan fingerprint density at radius 1 is 0.938 bits per heavy atom. The van der Waals surface area contributed by atoms with Crippen LogP contribution in [0.1, 0.15) is 18.1 Å². The summed E-state index contributed by atoms with van der Waals surface area (Å²) in [6, 6.07) is 8.49. The number of rotatable bonds is 1. The van der Waals surface area contributed by atoms with Crippen molar-refractivity contribution in [3.8, 4) is 0 Å². The minimum atomic E-state index is 0. The first-order valence-electron chi connectivity index (χ1n) is 4.00. The first-order valence-corrected chi connectivity index (χ1v) is 4.00. The van der Waals surface area contributed by atoms with Gasteiger partial charge in [-0.1, -0.05) is 31.2 Å². The fourth-order valence-corrected chi connectivity index (χ4v) is 1.01. The summed E-state index contributed by atoms with van der Waals surface area (Å²) in [6.45, 7) is 17.8. The van der Waals surface area contributed by atoms with Crippen molar-refractivity contribution in [1.82, 2.24) is 0 Å². The molecule has 0 bridgehead atoms. The van der Waals surface area contributed by atoms with Crippen LogP contribution >= 0.6 is 0 Å². The summed E-state index contributed by atoms with van der Waals surface area (Å²) in [5.74, 6) is 0. The molecule has 0 aliphatic carbocycles. The third kappa shape index (κ3) is 13.0. The van der Waals surface area contributed by atoms with Gasteiger partial charge in [0.1, 0.15) is 0 Å². The quantitative estimate of drug-likeness (QED) is 0.547. The zero-order chi connectivity index (χ0) is 12.7. The molecule has 1 rings (SSSR count). The molecule has 84 valence electrons. The normalized spacial score (nSPS) is 5.75. The minimum absolute atomic E-state index is 0. The van der Waals surface area contributed by atoms with Crippen molar-refractivity contribution in [2.24, 2.45) is 0 Å². The maximum atomic E-state index is 7.50.